The molecule has 1 aliphatic carbocycles. The molecule has 0 radical (unpaired) electrons. The van der Waals surface area contributed by atoms with Crippen LogP contribution in [-0.2, 0) is 4.74 Å². The molecule has 0 amide bonds. The van der Waals surface area contributed by atoms with E-state index in [4.69, 9.17) is 14.2 Å². The maximum Gasteiger partial charge on any atom is 0.343 e. The van der Waals surface area contributed by atoms with Crippen molar-refractivity contribution >= 4 is 11.9 Å². The molecule has 2 aromatic rings. The van der Waals surface area contributed by atoms with Crippen molar-refractivity contribution in [2.75, 3.05) is 6.61 Å². The highest BCUT2D eigenvalue weighted by molar-refractivity contribution is 5.92. The molecule has 5 nitrogen and oxygen atoms in total. The normalized spacial score (nSPS) is 17.7. The summed E-state index contributed by atoms with van der Waals surface area (Å²) in [4.78, 5) is 25.2. The van der Waals surface area contributed by atoms with Gasteiger partial charge in [-0.2, -0.15) is 0 Å². The third-order valence-electron chi connectivity index (χ3n) is 7.79. The zero-order valence-electron chi connectivity index (χ0n) is 23.9. The monoisotopic (exact) mass is 534 g/mol. The highest BCUT2D eigenvalue weighted by atomic mass is 16.5. The zero-order valence-corrected chi connectivity index (χ0v) is 23.9. The van der Waals surface area contributed by atoms with E-state index in [1.807, 2.05) is 6.08 Å². The lowest BCUT2D eigenvalue weighted by Crippen LogP contribution is -2.24. The molecule has 2 aromatic carbocycles. The fourth-order valence-electron chi connectivity index (χ4n) is 4.99. The Bertz CT molecular complexity index is 1000. The van der Waals surface area contributed by atoms with Crippen molar-refractivity contribution in [3.63, 3.8) is 0 Å². The second kappa shape index (κ2) is 16.8. The number of ether oxygens (including phenoxy) is 3. The summed E-state index contributed by atoms with van der Waals surface area (Å²) in [7, 11) is 0. The second-order valence-corrected chi connectivity index (χ2v) is 10.9. The quantitative estimate of drug-likeness (QED) is 0.0931. The molecular formula is C34H46O5. The first kappa shape index (κ1) is 30.5. The largest absolute Gasteiger partial charge is 0.494 e. The lowest BCUT2D eigenvalue weighted by Gasteiger charge is -2.28. The van der Waals surface area contributed by atoms with Crippen LogP contribution in [-0.4, -0.2) is 24.6 Å². The van der Waals surface area contributed by atoms with E-state index in [9.17, 15) is 9.59 Å². The van der Waals surface area contributed by atoms with Crippen LogP contribution < -0.4 is 9.47 Å². The topological polar surface area (TPSA) is 61.8 Å². The van der Waals surface area contributed by atoms with E-state index in [0.717, 1.165) is 56.1 Å². The van der Waals surface area contributed by atoms with Gasteiger partial charge in [0, 0.05) is 0 Å². The smallest absolute Gasteiger partial charge is 0.343 e. The van der Waals surface area contributed by atoms with Gasteiger partial charge in [0.15, 0.2) is 0 Å². The summed E-state index contributed by atoms with van der Waals surface area (Å²) in [5.41, 5.74) is 0.906. The Kier molecular flexibility index (Phi) is 13.1. The Morgan fingerprint density at radius 2 is 1.51 bits per heavy atom. The third-order valence-corrected chi connectivity index (χ3v) is 7.79. The number of esters is 2. The maximum atomic E-state index is 12.6. The molecule has 39 heavy (non-hydrogen) atoms. The van der Waals surface area contributed by atoms with Crippen LogP contribution in [0.3, 0.4) is 0 Å². The Balaban J connectivity index is 1.37. The number of hydrogen-bond acceptors (Lipinski definition) is 5. The Morgan fingerprint density at radius 1 is 0.872 bits per heavy atom. The van der Waals surface area contributed by atoms with Gasteiger partial charge in [0.05, 0.1) is 17.7 Å². The van der Waals surface area contributed by atoms with Crippen LogP contribution in [0.5, 0.6) is 11.5 Å². The summed E-state index contributed by atoms with van der Waals surface area (Å²) < 4.78 is 17.0. The molecule has 1 aliphatic rings. The minimum absolute atomic E-state index is 0.0211. The summed E-state index contributed by atoms with van der Waals surface area (Å²) in [6.45, 7) is 9.00. The molecule has 0 aliphatic heterocycles. The van der Waals surface area contributed by atoms with Gasteiger partial charge in [-0.05, 0) is 105 Å². The van der Waals surface area contributed by atoms with Crippen LogP contribution in [0.25, 0.3) is 0 Å². The first-order chi connectivity index (χ1) is 19.0. The summed E-state index contributed by atoms with van der Waals surface area (Å²) in [6.07, 6.45) is 15.4. The number of hydrogen-bond donors (Lipinski definition) is 0. The molecule has 0 N–H and O–H groups in total. The Labute approximate surface area is 234 Å². The van der Waals surface area contributed by atoms with Crippen LogP contribution in [0, 0.1) is 11.8 Å². The maximum absolute atomic E-state index is 12.6. The number of unbranched alkanes of at least 4 members (excludes halogenated alkanes) is 3. The van der Waals surface area contributed by atoms with Crippen molar-refractivity contribution in [2.45, 2.75) is 97.0 Å². The molecule has 0 bridgehead atoms. The van der Waals surface area contributed by atoms with Crippen LogP contribution in [0.1, 0.15) is 112 Å². The summed E-state index contributed by atoms with van der Waals surface area (Å²) in [5.74, 6) is 1.88. The molecule has 1 atom stereocenters. The second-order valence-electron chi connectivity index (χ2n) is 10.9. The minimum Gasteiger partial charge on any atom is -0.494 e. The number of allylic oxidation sites excluding steroid dienone is 1. The van der Waals surface area contributed by atoms with Crippen LogP contribution >= 0.6 is 0 Å². The van der Waals surface area contributed by atoms with E-state index < -0.39 is 5.97 Å². The van der Waals surface area contributed by atoms with Crippen molar-refractivity contribution in [3.05, 3.63) is 72.3 Å². The Morgan fingerprint density at radius 3 is 2.15 bits per heavy atom. The van der Waals surface area contributed by atoms with Crippen molar-refractivity contribution in [3.8, 4) is 11.5 Å². The summed E-state index contributed by atoms with van der Waals surface area (Å²) in [5, 5.41) is 0. The van der Waals surface area contributed by atoms with Crippen molar-refractivity contribution in [1.29, 1.82) is 0 Å². The predicted molar refractivity (Wildman–Crippen MR) is 156 cm³/mol. The van der Waals surface area contributed by atoms with Gasteiger partial charge in [0.2, 0.25) is 0 Å². The van der Waals surface area contributed by atoms with E-state index in [1.165, 1.54) is 38.5 Å². The SMILES string of the molecule is C=CCCC[C@H]1CC[C@H](OC(=O)c2ccc(OC(=O)c3ccc(OCCCCC[C@@H](C)CC)cc3)cc2)CC1. The van der Waals surface area contributed by atoms with Crippen molar-refractivity contribution in [1.82, 2.24) is 0 Å². The van der Waals surface area contributed by atoms with Gasteiger partial charge in [-0.3, -0.25) is 0 Å². The van der Waals surface area contributed by atoms with Crippen LogP contribution in [0.2, 0.25) is 0 Å². The van der Waals surface area contributed by atoms with Crippen LogP contribution in [0.4, 0.5) is 0 Å². The summed E-state index contributed by atoms with van der Waals surface area (Å²) >= 11 is 0. The first-order valence-electron chi connectivity index (χ1n) is 14.9. The molecule has 212 valence electrons. The lowest BCUT2D eigenvalue weighted by molar-refractivity contribution is 0.0161. The highest BCUT2D eigenvalue weighted by Gasteiger charge is 2.24. The van der Waals surface area contributed by atoms with Gasteiger partial charge >= 0.3 is 11.9 Å². The van der Waals surface area contributed by atoms with Gasteiger partial charge < -0.3 is 14.2 Å². The van der Waals surface area contributed by atoms with Gasteiger partial charge in [-0.1, -0.05) is 52.0 Å². The van der Waals surface area contributed by atoms with Gasteiger partial charge in [-0.25, -0.2) is 9.59 Å². The number of carbonyl (C=O) groups excluding carboxylic acids is 2. The van der Waals surface area contributed by atoms with E-state index in [-0.39, 0.29) is 12.1 Å². The number of benzene rings is 2. The standard InChI is InChI=1S/C34H46O5/c1-4-6-8-12-27-13-19-31(20-14-27)38-34(36)29-17-23-32(24-18-29)39-33(35)28-15-21-30(22-16-28)37-25-10-7-9-11-26(3)5-2/h4,15-18,21-24,26-27,31H,1,5-14,19-20,25H2,2-3H3/t26-,27-,31-/m0/s1. The molecule has 0 unspecified atom stereocenters. The molecule has 0 heterocycles. The average molecular weight is 535 g/mol. The molecule has 0 aromatic heterocycles. The van der Waals surface area contributed by atoms with E-state index in [2.05, 4.69) is 20.4 Å². The highest BCUT2D eigenvalue weighted by Crippen LogP contribution is 2.30. The number of rotatable bonds is 16. The zero-order chi connectivity index (χ0) is 27.9. The van der Waals surface area contributed by atoms with Gasteiger partial charge in [-0.15, -0.1) is 6.58 Å². The van der Waals surface area contributed by atoms with E-state index in [1.54, 1.807) is 48.5 Å². The fraction of sp³-hybridized carbons (Fsp3) is 0.529. The van der Waals surface area contributed by atoms with Crippen LogP contribution in [0.15, 0.2) is 61.2 Å². The Hall–Kier alpha value is -3.08. The van der Waals surface area contributed by atoms with Gasteiger partial charge in [0.1, 0.15) is 17.6 Å². The molecular weight excluding hydrogens is 488 g/mol. The molecule has 5 heteroatoms. The molecule has 3 rings (SSSR count). The minimum atomic E-state index is -0.452. The molecule has 1 fully saturated rings. The lowest BCUT2D eigenvalue weighted by atomic mass is 9.84. The average Bonchev–Trinajstić information content (AvgIpc) is 2.96. The number of carbonyl (C=O) groups is 2. The molecule has 0 spiro atoms. The van der Waals surface area contributed by atoms with E-state index in [0.29, 0.717) is 23.5 Å². The first-order valence-corrected chi connectivity index (χ1v) is 14.9. The van der Waals surface area contributed by atoms with E-state index >= 15 is 0 Å². The molecule has 0 saturated heterocycles. The third kappa shape index (κ3) is 10.9. The molecule has 1 saturated carbocycles. The van der Waals surface area contributed by atoms with Crippen molar-refractivity contribution < 1.29 is 23.8 Å². The van der Waals surface area contributed by atoms with Crippen molar-refractivity contribution in [2.24, 2.45) is 11.8 Å². The summed E-state index contributed by atoms with van der Waals surface area (Å²) in [6, 6.07) is 13.6. The fourth-order valence-corrected chi connectivity index (χ4v) is 4.99. The predicted octanol–water partition coefficient (Wildman–Crippen LogP) is 8.96. The van der Waals surface area contributed by atoms with Gasteiger partial charge in [0.25, 0.3) is 0 Å².